The fourth-order valence-electron chi connectivity index (χ4n) is 3.23. The number of hydrogen-bond acceptors (Lipinski definition) is 4. The molecule has 0 radical (unpaired) electrons. The molecule has 3 N–H and O–H groups in total. The smallest absolute Gasteiger partial charge is 0.254 e. The fraction of sp³-hybridized carbons (Fsp3) is 0.579. The first-order valence-electron chi connectivity index (χ1n) is 9.18. The molecule has 7 heteroatoms. The summed E-state index contributed by atoms with van der Waals surface area (Å²) in [7, 11) is 0. The van der Waals surface area contributed by atoms with E-state index in [9.17, 15) is 14.0 Å². The normalized spacial score (nSPS) is 17.6. The van der Waals surface area contributed by atoms with Crippen LogP contribution in [0.3, 0.4) is 0 Å². The summed E-state index contributed by atoms with van der Waals surface area (Å²) in [5.41, 5.74) is 5.39. The predicted octanol–water partition coefficient (Wildman–Crippen LogP) is 1.22. The van der Waals surface area contributed by atoms with E-state index in [2.05, 4.69) is 10.2 Å². The van der Waals surface area contributed by atoms with Crippen molar-refractivity contribution in [2.45, 2.75) is 32.2 Å². The number of nitrogens with one attached hydrogen (secondary N) is 1. The van der Waals surface area contributed by atoms with E-state index >= 15 is 0 Å². The van der Waals surface area contributed by atoms with Crippen molar-refractivity contribution < 1.29 is 14.0 Å². The Kier molecular flexibility index (Phi) is 7.11. The van der Waals surface area contributed by atoms with Crippen LogP contribution in [0.4, 0.5) is 4.39 Å². The van der Waals surface area contributed by atoms with Gasteiger partial charge < -0.3 is 16.0 Å². The van der Waals surface area contributed by atoms with Crippen molar-refractivity contribution in [1.82, 2.24) is 15.1 Å². The van der Waals surface area contributed by atoms with E-state index in [-0.39, 0.29) is 11.5 Å². The highest BCUT2D eigenvalue weighted by atomic mass is 19.1. The Labute approximate surface area is 154 Å². The van der Waals surface area contributed by atoms with Crippen LogP contribution >= 0.6 is 0 Å². The molecule has 1 heterocycles. The quantitative estimate of drug-likeness (QED) is 0.762. The Morgan fingerprint density at radius 3 is 2.50 bits per heavy atom. The van der Waals surface area contributed by atoms with E-state index < -0.39 is 17.3 Å². The van der Waals surface area contributed by atoms with E-state index in [1.807, 2.05) is 11.8 Å². The van der Waals surface area contributed by atoms with Gasteiger partial charge in [-0.1, -0.05) is 25.5 Å². The van der Waals surface area contributed by atoms with E-state index in [0.717, 1.165) is 19.5 Å². The molecule has 2 rings (SSSR count). The highest BCUT2D eigenvalue weighted by Crippen LogP contribution is 2.14. The maximum Gasteiger partial charge on any atom is 0.254 e. The molecule has 0 aromatic heterocycles. The zero-order valence-electron chi connectivity index (χ0n) is 15.6. The summed E-state index contributed by atoms with van der Waals surface area (Å²) in [6.07, 6.45) is 1.55. The minimum absolute atomic E-state index is 0.00635. The summed E-state index contributed by atoms with van der Waals surface area (Å²) in [4.78, 5) is 28.5. The minimum atomic E-state index is -0.801. The molecule has 0 aliphatic carbocycles. The second-order valence-corrected chi connectivity index (χ2v) is 7.04. The number of hydrogen-bond donors (Lipinski definition) is 2. The molecule has 0 bridgehead atoms. The van der Waals surface area contributed by atoms with Crippen molar-refractivity contribution in [3.63, 3.8) is 0 Å². The van der Waals surface area contributed by atoms with E-state index in [1.165, 1.54) is 12.1 Å². The third-order valence-corrected chi connectivity index (χ3v) is 4.75. The van der Waals surface area contributed by atoms with Crippen LogP contribution in [0.25, 0.3) is 0 Å². The third-order valence-electron chi connectivity index (χ3n) is 4.75. The molecule has 2 amide bonds. The van der Waals surface area contributed by atoms with Gasteiger partial charge in [-0.05, 0) is 25.5 Å². The molecule has 1 aliphatic rings. The van der Waals surface area contributed by atoms with Crippen molar-refractivity contribution >= 4 is 11.8 Å². The maximum atomic E-state index is 13.6. The summed E-state index contributed by atoms with van der Waals surface area (Å²) in [5.74, 6) is -0.920. The second-order valence-electron chi connectivity index (χ2n) is 7.04. The largest absolute Gasteiger partial charge is 0.351 e. The third kappa shape index (κ3) is 5.25. The van der Waals surface area contributed by atoms with Crippen LogP contribution in [0.5, 0.6) is 0 Å². The highest BCUT2D eigenvalue weighted by molar-refractivity contribution is 5.94. The molecule has 1 atom stereocenters. The lowest BCUT2D eigenvalue weighted by Gasteiger charge is -2.38. The van der Waals surface area contributed by atoms with Gasteiger partial charge in [0.15, 0.2) is 0 Å². The van der Waals surface area contributed by atoms with Gasteiger partial charge >= 0.3 is 0 Å². The molecular formula is C19H29FN4O2. The molecule has 1 aromatic rings. The Balaban J connectivity index is 1.73. The number of benzene rings is 1. The molecule has 144 valence electrons. The van der Waals surface area contributed by atoms with Gasteiger partial charge in [0.05, 0.1) is 11.1 Å². The lowest BCUT2D eigenvalue weighted by Crippen LogP contribution is -2.58. The number of amides is 2. The summed E-state index contributed by atoms with van der Waals surface area (Å²) >= 11 is 0. The molecular weight excluding hydrogens is 335 g/mol. The second kappa shape index (κ2) is 9.09. The van der Waals surface area contributed by atoms with Crippen LogP contribution in [0.1, 0.15) is 37.0 Å². The highest BCUT2D eigenvalue weighted by Gasteiger charge is 2.33. The average molecular weight is 364 g/mol. The molecule has 1 fully saturated rings. The van der Waals surface area contributed by atoms with Gasteiger partial charge in [-0.15, -0.1) is 0 Å². The zero-order chi connectivity index (χ0) is 19.2. The number of rotatable bonds is 7. The van der Waals surface area contributed by atoms with Crippen LogP contribution < -0.4 is 11.1 Å². The molecule has 1 aromatic carbocycles. The van der Waals surface area contributed by atoms with Crippen LogP contribution in [0.2, 0.25) is 0 Å². The van der Waals surface area contributed by atoms with Crippen molar-refractivity contribution in [1.29, 1.82) is 0 Å². The van der Waals surface area contributed by atoms with E-state index in [4.69, 9.17) is 5.73 Å². The minimum Gasteiger partial charge on any atom is -0.351 e. The summed E-state index contributed by atoms with van der Waals surface area (Å²) in [6, 6.07) is 5.93. The first-order chi connectivity index (χ1) is 12.3. The first-order valence-corrected chi connectivity index (χ1v) is 9.18. The summed E-state index contributed by atoms with van der Waals surface area (Å²) < 4.78 is 13.6. The molecule has 6 nitrogen and oxygen atoms in total. The van der Waals surface area contributed by atoms with Gasteiger partial charge in [-0.2, -0.15) is 0 Å². The Morgan fingerprint density at radius 1 is 1.23 bits per heavy atom. The Hall–Kier alpha value is -1.99. The number of carbonyl (C=O) groups excluding carboxylic acids is 2. The first kappa shape index (κ1) is 20.3. The van der Waals surface area contributed by atoms with Crippen LogP contribution in [0, 0.1) is 5.82 Å². The molecule has 1 unspecified atom stereocenters. The fourth-order valence-corrected chi connectivity index (χ4v) is 3.23. The SMILES string of the molecule is CCCC(C)(N)C(=O)N1CCN(CCNC(=O)c2ccccc2F)CC1. The summed E-state index contributed by atoms with van der Waals surface area (Å²) in [5, 5.41) is 2.74. The Morgan fingerprint density at radius 2 is 1.88 bits per heavy atom. The molecule has 0 saturated carbocycles. The van der Waals surface area contributed by atoms with Gasteiger partial charge in [0.25, 0.3) is 5.91 Å². The van der Waals surface area contributed by atoms with Crippen LogP contribution in [-0.4, -0.2) is 66.4 Å². The lowest BCUT2D eigenvalue weighted by molar-refractivity contribution is -0.138. The molecule has 1 saturated heterocycles. The van der Waals surface area contributed by atoms with Crippen molar-refractivity contribution in [3.05, 3.63) is 35.6 Å². The van der Waals surface area contributed by atoms with Crippen molar-refractivity contribution in [3.8, 4) is 0 Å². The topological polar surface area (TPSA) is 78.7 Å². The lowest BCUT2D eigenvalue weighted by atomic mass is 9.95. The van der Waals surface area contributed by atoms with Crippen LogP contribution in [0.15, 0.2) is 24.3 Å². The van der Waals surface area contributed by atoms with Crippen molar-refractivity contribution in [2.24, 2.45) is 5.73 Å². The van der Waals surface area contributed by atoms with Crippen molar-refractivity contribution in [2.75, 3.05) is 39.3 Å². The monoisotopic (exact) mass is 364 g/mol. The number of piperazine rings is 1. The average Bonchev–Trinajstić information content (AvgIpc) is 2.62. The molecule has 1 aliphatic heterocycles. The van der Waals surface area contributed by atoms with Gasteiger partial charge in [-0.3, -0.25) is 14.5 Å². The zero-order valence-corrected chi connectivity index (χ0v) is 15.6. The number of nitrogens with zero attached hydrogens (tertiary/aromatic N) is 2. The van der Waals surface area contributed by atoms with Crippen LogP contribution in [-0.2, 0) is 4.79 Å². The van der Waals surface area contributed by atoms with E-state index in [1.54, 1.807) is 19.1 Å². The maximum absolute atomic E-state index is 13.6. The van der Waals surface area contributed by atoms with Gasteiger partial charge in [-0.25, -0.2) is 4.39 Å². The predicted molar refractivity (Wildman–Crippen MR) is 99.3 cm³/mol. The van der Waals surface area contributed by atoms with Gasteiger partial charge in [0.2, 0.25) is 5.91 Å². The number of halogens is 1. The van der Waals surface area contributed by atoms with Gasteiger partial charge in [0, 0.05) is 39.3 Å². The number of nitrogens with two attached hydrogens (primary N) is 1. The standard InChI is InChI=1S/C19H29FN4O2/c1-3-8-19(2,21)18(26)24-13-11-23(12-14-24)10-9-22-17(25)15-6-4-5-7-16(15)20/h4-7H,3,8-14,21H2,1-2H3,(H,22,25). The molecule has 0 spiro atoms. The summed E-state index contributed by atoms with van der Waals surface area (Å²) in [6.45, 7) is 7.66. The van der Waals surface area contributed by atoms with Gasteiger partial charge in [0.1, 0.15) is 5.82 Å². The number of carbonyl (C=O) groups is 2. The van der Waals surface area contributed by atoms with E-state index in [0.29, 0.717) is 32.6 Å². The Bertz CT molecular complexity index is 628. The molecule has 26 heavy (non-hydrogen) atoms.